The van der Waals surface area contributed by atoms with Crippen LogP contribution < -0.4 is 0 Å². The van der Waals surface area contributed by atoms with Crippen molar-refractivity contribution in [2.24, 2.45) is 0 Å². The molecule has 1 heterocycles. The predicted octanol–water partition coefficient (Wildman–Crippen LogP) is -0.138. The number of aliphatic hydroxyl groups is 1. The van der Waals surface area contributed by atoms with Crippen molar-refractivity contribution in [1.82, 2.24) is 4.90 Å². The van der Waals surface area contributed by atoms with Gasteiger partial charge in [-0.25, -0.2) is 0 Å². The maximum absolute atomic E-state index is 11.1. The van der Waals surface area contributed by atoms with E-state index in [2.05, 4.69) is 0 Å². The fourth-order valence-electron chi connectivity index (χ4n) is 1.32. The molecule has 4 nitrogen and oxygen atoms in total. The quantitative estimate of drug-likeness (QED) is 0.603. The van der Waals surface area contributed by atoms with Crippen LogP contribution in [0.1, 0.15) is 14.8 Å². The van der Waals surface area contributed by atoms with E-state index in [9.17, 15) is 4.79 Å². The molecule has 0 saturated carbocycles. The van der Waals surface area contributed by atoms with E-state index in [-0.39, 0.29) is 13.4 Å². The minimum atomic E-state index is -0.396. The third kappa shape index (κ3) is 2.46. The average molecular weight is 175 g/mol. The molecule has 1 N–H and O–H groups in total. The largest absolute Gasteiger partial charge is 0.387 e. The molecule has 1 atom stereocenters. The van der Waals surface area contributed by atoms with E-state index in [0.717, 1.165) is 6.42 Å². The Kier molecular flexibility index (Phi) is 3.49. The monoisotopic (exact) mass is 175 g/mol. The summed E-state index contributed by atoms with van der Waals surface area (Å²) in [5, 5.41) is 8.63. The Labute approximate surface area is 73.6 Å². The van der Waals surface area contributed by atoms with Crippen LogP contribution in [0.3, 0.4) is 0 Å². The molecule has 0 spiro atoms. The highest BCUT2D eigenvalue weighted by Gasteiger charge is 2.18. The van der Waals surface area contributed by atoms with Gasteiger partial charge in [0.1, 0.15) is 6.61 Å². The Bertz CT molecular complexity index is 165. The SMILES string of the molecule is CC1CN(C(=O)CO)CCCO1.[HH]. The van der Waals surface area contributed by atoms with E-state index in [4.69, 9.17) is 9.84 Å². The van der Waals surface area contributed by atoms with Gasteiger partial charge in [0.2, 0.25) is 5.91 Å². The van der Waals surface area contributed by atoms with Crippen molar-refractivity contribution in [2.45, 2.75) is 19.4 Å². The maximum atomic E-state index is 11.1. The normalized spacial score (nSPS) is 25.2. The Morgan fingerprint density at radius 1 is 1.83 bits per heavy atom. The fourth-order valence-corrected chi connectivity index (χ4v) is 1.32. The number of nitrogens with zero attached hydrogens (tertiary/aromatic N) is 1. The van der Waals surface area contributed by atoms with Crippen LogP contribution in [0, 0.1) is 0 Å². The van der Waals surface area contributed by atoms with Crippen LogP contribution in [0.25, 0.3) is 0 Å². The number of carbonyl (C=O) groups excluding carboxylic acids is 1. The third-order valence-electron chi connectivity index (χ3n) is 1.94. The molecule has 0 aliphatic carbocycles. The lowest BCUT2D eigenvalue weighted by molar-refractivity contribution is -0.134. The zero-order valence-electron chi connectivity index (χ0n) is 7.32. The van der Waals surface area contributed by atoms with Crippen LogP contribution in [-0.4, -0.2) is 48.3 Å². The third-order valence-corrected chi connectivity index (χ3v) is 1.94. The molecule has 0 aromatic heterocycles. The van der Waals surface area contributed by atoms with Crippen LogP contribution in [0.4, 0.5) is 0 Å². The number of amides is 1. The number of rotatable bonds is 1. The van der Waals surface area contributed by atoms with Gasteiger partial charge in [0.05, 0.1) is 6.10 Å². The van der Waals surface area contributed by atoms with Crippen molar-refractivity contribution >= 4 is 5.91 Å². The molecule has 4 heteroatoms. The lowest BCUT2D eigenvalue weighted by atomic mass is 10.3. The van der Waals surface area contributed by atoms with Gasteiger partial charge in [0.25, 0.3) is 0 Å². The van der Waals surface area contributed by atoms with Gasteiger partial charge in [-0.1, -0.05) is 0 Å². The van der Waals surface area contributed by atoms with Crippen LogP contribution in [0.2, 0.25) is 0 Å². The highest BCUT2D eigenvalue weighted by atomic mass is 16.5. The van der Waals surface area contributed by atoms with Crippen LogP contribution in [0.5, 0.6) is 0 Å². The second kappa shape index (κ2) is 4.42. The average Bonchev–Trinajstić information content (AvgIpc) is 2.28. The summed E-state index contributed by atoms with van der Waals surface area (Å²) in [4.78, 5) is 12.7. The standard InChI is InChI=1S/C8H15NO3.H2/c1-7-5-9(8(11)6-10)3-2-4-12-7;/h7,10H,2-6H2,1H3;1H. The molecule has 0 bridgehead atoms. The van der Waals surface area contributed by atoms with Crippen LogP contribution in [0.15, 0.2) is 0 Å². The first-order valence-electron chi connectivity index (χ1n) is 4.24. The van der Waals surface area contributed by atoms with E-state index in [1.165, 1.54) is 0 Å². The molecule has 1 aliphatic rings. The van der Waals surface area contributed by atoms with Crippen molar-refractivity contribution in [3.63, 3.8) is 0 Å². The van der Waals surface area contributed by atoms with Gasteiger partial charge in [0, 0.05) is 21.1 Å². The maximum Gasteiger partial charge on any atom is 0.248 e. The zero-order valence-corrected chi connectivity index (χ0v) is 7.32. The van der Waals surface area contributed by atoms with E-state index in [1.807, 2.05) is 6.92 Å². The van der Waals surface area contributed by atoms with E-state index in [1.54, 1.807) is 4.90 Å². The predicted molar refractivity (Wildman–Crippen MR) is 45.8 cm³/mol. The van der Waals surface area contributed by atoms with Gasteiger partial charge in [-0.2, -0.15) is 0 Å². The summed E-state index contributed by atoms with van der Waals surface area (Å²) >= 11 is 0. The summed E-state index contributed by atoms with van der Waals surface area (Å²) in [6, 6.07) is 0. The van der Waals surface area contributed by atoms with Gasteiger partial charge in [-0.15, -0.1) is 0 Å². The Hall–Kier alpha value is -0.610. The van der Waals surface area contributed by atoms with E-state index in [0.29, 0.717) is 19.7 Å². The van der Waals surface area contributed by atoms with Gasteiger partial charge in [-0.3, -0.25) is 4.79 Å². The summed E-state index contributed by atoms with van der Waals surface area (Å²) < 4.78 is 5.35. The summed E-state index contributed by atoms with van der Waals surface area (Å²) in [6.45, 7) is 3.54. The van der Waals surface area contributed by atoms with E-state index < -0.39 is 6.61 Å². The molecular weight excluding hydrogens is 158 g/mol. The first-order valence-corrected chi connectivity index (χ1v) is 4.24. The molecule has 72 valence electrons. The molecule has 1 amide bonds. The van der Waals surface area contributed by atoms with Gasteiger partial charge < -0.3 is 14.7 Å². The highest BCUT2D eigenvalue weighted by molar-refractivity contribution is 5.77. The molecule has 1 fully saturated rings. The molecule has 1 saturated heterocycles. The molecule has 0 radical (unpaired) electrons. The lowest BCUT2D eigenvalue weighted by Crippen LogP contribution is -2.37. The van der Waals surface area contributed by atoms with Crippen molar-refractivity contribution in [1.29, 1.82) is 0 Å². The van der Waals surface area contributed by atoms with Gasteiger partial charge >= 0.3 is 0 Å². The second-order valence-corrected chi connectivity index (χ2v) is 3.03. The van der Waals surface area contributed by atoms with Crippen molar-refractivity contribution < 1.29 is 16.1 Å². The minimum absolute atomic E-state index is 0. The molecule has 12 heavy (non-hydrogen) atoms. The molecular formula is C8H17NO3. The summed E-state index contributed by atoms with van der Waals surface area (Å²) in [6.07, 6.45) is 0.943. The summed E-state index contributed by atoms with van der Waals surface area (Å²) in [5.41, 5.74) is 0. The number of ether oxygens (including phenoxy) is 1. The molecule has 0 aromatic carbocycles. The number of hydrogen-bond acceptors (Lipinski definition) is 3. The summed E-state index contributed by atoms with van der Waals surface area (Å²) in [5.74, 6) is -0.202. The zero-order chi connectivity index (χ0) is 8.97. The van der Waals surface area contributed by atoms with Crippen molar-refractivity contribution in [3.8, 4) is 0 Å². The molecule has 0 aromatic rings. The minimum Gasteiger partial charge on any atom is -0.387 e. The summed E-state index contributed by atoms with van der Waals surface area (Å²) in [7, 11) is 0. The number of hydrogen-bond donors (Lipinski definition) is 1. The Morgan fingerprint density at radius 2 is 2.58 bits per heavy atom. The van der Waals surface area contributed by atoms with Crippen LogP contribution in [-0.2, 0) is 9.53 Å². The molecule has 1 aliphatic heterocycles. The Morgan fingerprint density at radius 3 is 3.25 bits per heavy atom. The Balaban J connectivity index is 0.00000144. The topological polar surface area (TPSA) is 49.8 Å². The first kappa shape index (κ1) is 9.48. The van der Waals surface area contributed by atoms with Gasteiger partial charge in [0.15, 0.2) is 0 Å². The lowest BCUT2D eigenvalue weighted by Gasteiger charge is -2.20. The number of carbonyl (C=O) groups is 1. The first-order chi connectivity index (χ1) is 5.74. The highest BCUT2D eigenvalue weighted by Crippen LogP contribution is 2.04. The smallest absolute Gasteiger partial charge is 0.248 e. The van der Waals surface area contributed by atoms with Crippen LogP contribution >= 0.6 is 0 Å². The van der Waals surface area contributed by atoms with Gasteiger partial charge in [-0.05, 0) is 13.3 Å². The molecule has 1 rings (SSSR count). The second-order valence-electron chi connectivity index (χ2n) is 3.03. The van der Waals surface area contributed by atoms with Crippen molar-refractivity contribution in [2.75, 3.05) is 26.3 Å². The van der Waals surface area contributed by atoms with Crippen molar-refractivity contribution in [3.05, 3.63) is 0 Å². The number of aliphatic hydroxyl groups excluding tert-OH is 1. The van der Waals surface area contributed by atoms with E-state index >= 15 is 0 Å². The molecule has 1 unspecified atom stereocenters. The fraction of sp³-hybridized carbons (Fsp3) is 0.875.